The van der Waals surface area contributed by atoms with E-state index in [0.29, 0.717) is 34.1 Å². The lowest BCUT2D eigenvalue weighted by Gasteiger charge is -2.43. The summed E-state index contributed by atoms with van der Waals surface area (Å²) in [5.74, 6) is -0.0630. The summed E-state index contributed by atoms with van der Waals surface area (Å²) < 4.78 is 37.6. The summed E-state index contributed by atoms with van der Waals surface area (Å²) in [7, 11) is -2.64. The van der Waals surface area contributed by atoms with Gasteiger partial charge in [0.05, 0.1) is 10.7 Å². The summed E-state index contributed by atoms with van der Waals surface area (Å²) in [5, 5.41) is 0. The van der Waals surface area contributed by atoms with Gasteiger partial charge in [0, 0.05) is 47.8 Å². The third-order valence-corrected chi connectivity index (χ3v) is 9.25. The highest BCUT2D eigenvalue weighted by Gasteiger charge is 2.43. The Kier molecular flexibility index (Phi) is 7.19. The van der Waals surface area contributed by atoms with E-state index in [4.69, 9.17) is 8.92 Å². The minimum absolute atomic E-state index is 0.0362. The highest BCUT2D eigenvalue weighted by atomic mass is 127. The summed E-state index contributed by atoms with van der Waals surface area (Å²) in [6.07, 6.45) is 4.08. The molecule has 37 heavy (non-hydrogen) atoms. The van der Waals surface area contributed by atoms with Gasteiger partial charge in [-0.2, -0.15) is 8.42 Å². The first-order chi connectivity index (χ1) is 17.8. The molecule has 0 amide bonds. The maximum atomic E-state index is 13.4. The maximum absolute atomic E-state index is 13.4. The quantitative estimate of drug-likeness (QED) is 0.307. The molecule has 0 spiro atoms. The van der Waals surface area contributed by atoms with Crippen LogP contribution in [0.3, 0.4) is 0 Å². The fourth-order valence-corrected chi connectivity index (χ4v) is 7.53. The second-order valence-electron chi connectivity index (χ2n) is 9.34. The van der Waals surface area contributed by atoms with Gasteiger partial charge in [0.1, 0.15) is 4.90 Å². The highest BCUT2D eigenvalue weighted by Crippen LogP contribution is 2.50. The fraction of sp³-hybridized carbons (Fsp3) is 0.357. The van der Waals surface area contributed by atoms with Crippen molar-refractivity contribution >= 4 is 44.3 Å². The van der Waals surface area contributed by atoms with Crippen molar-refractivity contribution in [3.05, 3.63) is 74.1 Å². The van der Waals surface area contributed by atoms with Crippen molar-refractivity contribution in [2.24, 2.45) is 0 Å². The Morgan fingerprint density at radius 3 is 2.08 bits per heavy atom. The number of carbonyl (C=O) groups excluding carboxylic acids is 2. The molecule has 2 aromatic carbocycles. The van der Waals surface area contributed by atoms with Crippen LogP contribution in [0.2, 0.25) is 0 Å². The largest absolute Gasteiger partial charge is 0.493 e. The Hall–Kier alpha value is -2.66. The van der Waals surface area contributed by atoms with Gasteiger partial charge in [-0.05, 0) is 85.0 Å². The molecule has 194 valence electrons. The van der Waals surface area contributed by atoms with Crippen LogP contribution in [-0.2, 0) is 19.7 Å². The van der Waals surface area contributed by atoms with E-state index in [2.05, 4.69) is 11.8 Å². The molecule has 2 aliphatic carbocycles. The van der Waals surface area contributed by atoms with Crippen LogP contribution in [-0.4, -0.2) is 38.5 Å². The molecule has 0 atom stereocenters. The summed E-state index contributed by atoms with van der Waals surface area (Å²) in [4.78, 5) is 28.9. The van der Waals surface area contributed by atoms with Gasteiger partial charge in [0.25, 0.3) is 0 Å². The Morgan fingerprint density at radius 2 is 1.54 bits per heavy atom. The molecule has 0 saturated carbocycles. The van der Waals surface area contributed by atoms with E-state index < -0.39 is 16.0 Å². The van der Waals surface area contributed by atoms with E-state index >= 15 is 0 Å². The molecule has 9 heteroatoms. The van der Waals surface area contributed by atoms with E-state index in [0.717, 1.165) is 42.6 Å². The lowest BCUT2D eigenvalue weighted by molar-refractivity contribution is -0.117. The van der Waals surface area contributed by atoms with Crippen molar-refractivity contribution < 1.29 is 26.9 Å². The number of hydrogen-bond acceptors (Lipinski definition) is 7. The highest BCUT2D eigenvalue weighted by molar-refractivity contribution is 14.1. The lowest BCUT2D eigenvalue weighted by atomic mass is 9.71. The molecule has 7 nitrogen and oxygen atoms in total. The second kappa shape index (κ2) is 10.2. The maximum Gasteiger partial charge on any atom is 0.339 e. The predicted molar refractivity (Wildman–Crippen MR) is 147 cm³/mol. The average molecular weight is 634 g/mol. The summed E-state index contributed by atoms with van der Waals surface area (Å²) in [6.45, 7) is 2.76. The molecule has 0 saturated heterocycles. The van der Waals surface area contributed by atoms with Crippen LogP contribution in [0.5, 0.6) is 11.5 Å². The van der Waals surface area contributed by atoms with Gasteiger partial charge < -0.3 is 13.8 Å². The summed E-state index contributed by atoms with van der Waals surface area (Å²) in [5.41, 5.74) is 4.12. The first-order valence-corrected chi connectivity index (χ1v) is 14.9. The minimum Gasteiger partial charge on any atom is -0.493 e. The van der Waals surface area contributed by atoms with Crippen LogP contribution in [0.4, 0.5) is 0 Å². The minimum atomic E-state index is -4.09. The number of hydrogen-bond donors (Lipinski definition) is 0. The van der Waals surface area contributed by atoms with Gasteiger partial charge in [-0.25, -0.2) is 0 Å². The molecule has 1 heterocycles. The number of ether oxygens (including phenoxy) is 1. The zero-order valence-electron chi connectivity index (χ0n) is 20.8. The summed E-state index contributed by atoms with van der Waals surface area (Å²) >= 11 is 2.03. The van der Waals surface area contributed by atoms with Crippen molar-refractivity contribution in [2.45, 2.75) is 56.3 Å². The van der Waals surface area contributed by atoms with Gasteiger partial charge in [0.2, 0.25) is 0 Å². The zero-order valence-corrected chi connectivity index (χ0v) is 23.7. The number of Topliss-reactive ketones (excluding diaryl/α,β-unsaturated/α-hetero) is 2. The number of carbonyl (C=O) groups is 2. The zero-order chi connectivity index (χ0) is 26.3. The molecule has 0 radical (unpaired) electrons. The Morgan fingerprint density at radius 1 is 0.946 bits per heavy atom. The Labute approximate surface area is 230 Å². The standard InChI is InChI=1S/C28H28INO6S/c1-3-30-20-11-7-13-22(31)26(20)25(27-21(30)12-8-14-23(27)32)17-15-19(29)28(24(16-17)35-2)36-37(33,34)18-9-5-4-6-10-18/h4-6,9-10,15-16,25H,3,7-8,11-14H2,1-2H3. The number of methoxy groups -OCH3 is 1. The molecular formula is C28H28INO6S. The molecular weight excluding hydrogens is 605 g/mol. The van der Waals surface area contributed by atoms with E-state index in [-0.39, 0.29) is 28.0 Å². The van der Waals surface area contributed by atoms with Crippen molar-refractivity contribution in [2.75, 3.05) is 13.7 Å². The fourth-order valence-electron chi connectivity index (χ4n) is 5.66. The normalized spacial score (nSPS) is 18.6. The number of benzene rings is 2. The summed E-state index contributed by atoms with van der Waals surface area (Å²) in [6, 6.07) is 11.4. The third kappa shape index (κ3) is 4.60. The Balaban J connectivity index is 1.65. The lowest BCUT2D eigenvalue weighted by Crippen LogP contribution is -2.39. The first kappa shape index (κ1) is 26.0. The number of ketones is 2. The molecule has 0 fully saturated rings. The van der Waals surface area contributed by atoms with Crippen LogP contribution >= 0.6 is 22.6 Å². The van der Waals surface area contributed by atoms with Gasteiger partial charge in [-0.1, -0.05) is 18.2 Å². The van der Waals surface area contributed by atoms with E-state index in [1.807, 2.05) is 28.7 Å². The number of rotatable bonds is 6. The number of halogens is 1. The molecule has 2 aromatic rings. The molecule has 1 aliphatic heterocycles. The van der Waals surface area contributed by atoms with Crippen LogP contribution in [0.25, 0.3) is 0 Å². The topological polar surface area (TPSA) is 90.0 Å². The van der Waals surface area contributed by atoms with E-state index in [9.17, 15) is 18.0 Å². The molecule has 0 unspecified atom stereocenters. The van der Waals surface area contributed by atoms with Crippen molar-refractivity contribution in [1.29, 1.82) is 0 Å². The van der Waals surface area contributed by atoms with Gasteiger partial charge in [-0.3, -0.25) is 9.59 Å². The van der Waals surface area contributed by atoms with E-state index in [1.165, 1.54) is 19.2 Å². The van der Waals surface area contributed by atoms with Crippen LogP contribution in [0.15, 0.2) is 69.9 Å². The van der Waals surface area contributed by atoms with Gasteiger partial charge in [0.15, 0.2) is 23.1 Å². The monoisotopic (exact) mass is 633 g/mol. The third-order valence-electron chi connectivity index (χ3n) is 7.21. The molecule has 0 N–H and O–H groups in total. The second-order valence-corrected chi connectivity index (χ2v) is 12.0. The van der Waals surface area contributed by atoms with E-state index in [1.54, 1.807) is 24.3 Å². The average Bonchev–Trinajstić information content (AvgIpc) is 2.89. The number of allylic oxidation sites excluding steroid dienone is 4. The molecule has 0 bridgehead atoms. The van der Waals surface area contributed by atoms with Crippen LogP contribution in [0.1, 0.15) is 56.9 Å². The van der Waals surface area contributed by atoms with Gasteiger partial charge in [-0.15, -0.1) is 0 Å². The first-order valence-electron chi connectivity index (χ1n) is 12.4. The van der Waals surface area contributed by atoms with Gasteiger partial charge >= 0.3 is 10.1 Å². The molecule has 5 rings (SSSR count). The van der Waals surface area contributed by atoms with Crippen molar-refractivity contribution in [1.82, 2.24) is 4.90 Å². The van der Waals surface area contributed by atoms with Crippen LogP contribution in [0, 0.1) is 3.57 Å². The number of nitrogens with zero attached hydrogens (tertiary/aromatic N) is 1. The van der Waals surface area contributed by atoms with Crippen LogP contribution < -0.4 is 8.92 Å². The molecule has 0 aromatic heterocycles. The molecule has 3 aliphatic rings. The SMILES string of the molecule is CCN1C2=C(C(=O)CCC2)C(c2cc(I)c(OS(=O)(=O)c3ccccc3)c(OC)c2)C2=C1CCCC2=O. The predicted octanol–water partition coefficient (Wildman–Crippen LogP) is 5.50. The van der Waals surface area contributed by atoms with Crippen molar-refractivity contribution in [3.8, 4) is 11.5 Å². The van der Waals surface area contributed by atoms with Crippen molar-refractivity contribution in [3.63, 3.8) is 0 Å². The Bertz CT molecular complexity index is 1400. The smallest absolute Gasteiger partial charge is 0.339 e.